The van der Waals surface area contributed by atoms with Crippen LogP contribution >= 0.6 is 24.0 Å². The predicted octanol–water partition coefficient (Wildman–Crippen LogP) is 1.67. The molecule has 0 aliphatic rings. The summed E-state index contributed by atoms with van der Waals surface area (Å²) >= 11 is 0. The second-order valence-electron chi connectivity index (χ2n) is 5.49. The minimum atomic E-state index is -0.0451. The van der Waals surface area contributed by atoms with Crippen molar-refractivity contribution < 1.29 is 4.79 Å². The fourth-order valence-electron chi connectivity index (χ4n) is 1.99. The molecule has 0 unspecified atom stereocenters. The van der Waals surface area contributed by atoms with Crippen molar-refractivity contribution in [3.63, 3.8) is 0 Å². The second kappa shape index (κ2) is 13.0. The van der Waals surface area contributed by atoms with Crippen molar-refractivity contribution in [1.82, 2.24) is 20.9 Å². The van der Waals surface area contributed by atoms with E-state index in [0.29, 0.717) is 18.7 Å². The molecule has 0 heterocycles. The molecule has 0 spiro atoms. The van der Waals surface area contributed by atoms with Gasteiger partial charge in [-0.1, -0.05) is 12.1 Å². The molecule has 7 heteroatoms. The molecule has 24 heavy (non-hydrogen) atoms. The molecule has 0 fully saturated rings. The summed E-state index contributed by atoms with van der Waals surface area (Å²) in [4.78, 5) is 18.7. The zero-order valence-electron chi connectivity index (χ0n) is 15.1. The molecule has 1 amide bonds. The highest BCUT2D eigenvalue weighted by Crippen LogP contribution is 2.06. The Morgan fingerprint density at radius 3 is 2.38 bits per heavy atom. The van der Waals surface area contributed by atoms with Gasteiger partial charge in [0, 0.05) is 31.7 Å². The Kier molecular flexibility index (Phi) is 12.3. The molecule has 0 bridgehead atoms. The Morgan fingerprint density at radius 2 is 1.79 bits per heavy atom. The number of aliphatic imine (C=N–C) groups is 1. The van der Waals surface area contributed by atoms with E-state index in [1.54, 1.807) is 0 Å². The van der Waals surface area contributed by atoms with E-state index in [4.69, 9.17) is 0 Å². The van der Waals surface area contributed by atoms with Crippen LogP contribution in [0.4, 0.5) is 0 Å². The van der Waals surface area contributed by atoms with Gasteiger partial charge in [0.2, 0.25) is 0 Å². The first-order valence-electron chi connectivity index (χ1n) is 8.10. The lowest BCUT2D eigenvalue weighted by Gasteiger charge is -2.11. The fraction of sp³-hybridized carbons (Fsp3) is 0.529. The van der Waals surface area contributed by atoms with E-state index < -0.39 is 0 Å². The molecule has 6 nitrogen and oxygen atoms in total. The third-order valence-corrected chi connectivity index (χ3v) is 3.14. The van der Waals surface area contributed by atoms with Gasteiger partial charge in [0.1, 0.15) is 0 Å². The predicted molar refractivity (Wildman–Crippen MR) is 111 cm³/mol. The van der Waals surface area contributed by atoms with Gasteiger partial charge in [-0.15, -0.1) is 24.0 Å². The molecule has 1 rings (SSSR count). The Morgan fingerprint density at radius 1 is 1.12 bits per heavy atom. The summed E-state index contributed by atoms with van der Waals surface area (Å²) in [7, 11) is 3.97. The summed E-state index contributed by atoms with van der Waals surface area (Å²) in [5.74, 6) is 0.743. The van der Waals surface area contributed by atoms with Gasteiger partial charge in [0.15, 0.2) is 5.96 Å². The highest BCUT2D eigenvalue weighted by Gasteiger charge is 2.06. The van der Waals surface area contributed by atoms with Gasteiger partial charge in [-0.3, -0.25) is 4.79 Å². The summed E-state index contributed by atoms with van der Waals surface area (Å²) in [6.45, 7) is 7.70. The van der Waals surface area contributed by atoms with Gasteiger partial charge >= 0.3 is 0 Å². The topological polar surface area (TPSA) is 68.8 Å². The zero-order valence-corrected chi connectivity index (χ0v) is 17.4. The van der Waals surface area contributed by atoms with Crippen LogP contribution in [0.1, 0.15) is 29.8 Å². The Labute approximate surface area is 162 Å². The molecule has 1 aromatic carbocycles. The number of carbonyl (C=O) groups is 1. The Bertz CT molecular complexity index is 511. The van der Waals surface area contributed by atoms with Crippen molar-refractivity contribution in [2.24, 2.45) is 4.99 Å². The van der Waals surface area contributed by atoms with Crippen LogP contribution in [0.25, 0.3) is 0 Å². The average molecular weight is 447 g/mol. The van der Waals surface area contributed by atoms with Crippen molar-refractivity contribution in [2.75, 3.05) is 40.3 Å². The fourth-order valence-corrected chi connectivity index (χ4v) is 1.99. The highest BCUT2D eigenvalue weighted by atomic mass is 127. The Hall–Kier alpha value is -1.35. The number of hydrogen-bond acceptors (Lipinski definition) is 3. The van der Waals surface area contributed by atoms with E-state index in [0.717, 1.165) is 31.2 Å². The summed E-state index contributed by atoms with van der Waals surface area (Å²) < 4.78 is 0. The monoisotopic (exact) mass is 447 g/mol. The molecule has 0 radical (unpaired) electrons. The van der Waals surface area contributed by atoms with Crippen molar-refractivity contribution in [3.05, 3.63) is 35.4 Å². The zero-order chi connectivity index (χ0) is 17.1. The van der Waals surface area contributed by atoms with E-state index in [9.17, 15) is 4.79 Å². The number of likely N-dealkylation sites (N-methyl/N-ethyl adjacent to an activating group) is 1. The molecule has 3 N–H and O–H groups in total. The lowest BCUT2D eigenvalue weighted by molar-refractivity contribution is 0.0951. The van der Waals surface area contributed by atoms with E-state index in [1.807, 2.05) is 57.1 Å². The lowest BCUT2D eigenvalue weighted by Crippen LogP contribution is -2.37. The lowest BCUT2D eigenvalue weighted by atomic mass is 10.1. The number of halogens is 1. The first-order valence-corrected chi connectivity index (χ1v) is 8.10. The molecule has 0 saturated heterocycles. The Balaban J connectivity index is 0.00000529. The largest absolute Gasteiger partial charge is 0.357 e. The van der Waals surface area contributed by atoms with Crippen LogP contribution in [0, 0.1) is 0 Å². The van der Waals surface area contributed by atoms with Crippen molar-refractivity contribution >= 4 is 35.8 Å². The molecule has 0 aromatic heterocycles. The van der Waals surface area contributed by atoms with Crippen molar-refractivity contribution in [3.8, 4) is 0 Å². The highest BCUT2D eigenvalue weighted by molar-refractivity contribution is 14.0. The van der Waals surface area contributed by atoms with Crippen LogP contribution < -0.4 is 16.0 Å². The number of amides is 1. The molecule has 1 aromatic rings. The number of guanidine groups is 1. The number of hydrogen-bond donors (Lipinski definition) is 3. The van der Waals surface area contributed by atoms with Gasteiger partial charge in [-0.05, 0) is 45.6 Å². The molecule has 136 valence electrons. The van der Waals surface area contributed by atoms with Crippen molar-refractivity contribution in [2.45, 2.75) is 20.4 Å². The van der Waals surface area contributed by atoms with E-state index in [1.165, 1.54) is 0 Å². The maximum atomic E-state index is 12.1. The SMILES string of the molecule is CCNC(=NCc1cccc(C(=O)NCCN(C)C)c1)NCC.I. The maximum absolute atomic E-state index is 12.1. The van der Waals surface area contributed by atoms with Gasteiger partial charge in [-0.2, -0.15) is 0 Å². The smallest absolute Gasteiger partial charge is 0.251 e. The molecule has 0 aliphatic heterocycles. The van der Waals surface area contributed by atoms with Crippen molar-refractivity contribution in [1.29, 1.82) is 0 Å². The number of nitrogens with one attached hydrogen (secondary N) is 3. The van der Waals surface area contributed by atoms with Gasteiger partial charge in [-0.25, -0.2) is 4.99 Å². The second-order valence-corrected chi connectivity index (χ2v) is 5.49. The van der Waals surface area contributed by atoms with E-state index >= 15 is 0 Å². The van der Waals surface area contributed by atoms with Crippen LogP contribution in [-0.4, -0.2) is 57.0 Å². The van der Waals surface area contributed by atoms with Crippen LogP contribution in [0.2, 0.25) is 0 Å². The van der Waals surface area contributed by atoms with E-state index in [-0.39, 0.29) is 29.9 Å². The van der Waals surface area contributed by atoms with E-state index in [2.05, 4.69) is 20.9 Å². The molecule has 0 saturated carbocycles. The molecule has 0 aliphatic carbocycles. The van der Waals surface area contributed by atoms with Crippen LogP contribution in [0.15, 0.2) is 29.3 Å². The van der Waals surface area contributed by atoms with Gasteiger partial charge < -0.3 is 20.9 Å². The number of carbonyl (C=O) groups excluding carboxylic acids is 1. The third-order valence-electron chi connectivity index (χ3n) is 3.14. The quantitative estimate of drug-likeness (QED) is 0.322. The number of rotatable bonds is 8. The summed E-state index contributed by atoms with van der Waals surface area (Å²) in [5, 5.41) is 9.29. The normalized spacial score (nSPS) is 9.88. The van der Waals surface area contributed by atoms with Gasteiger partial charge in [0.05, 0.1) is 6.54 Å². The summed E-state index contributed by atoms with van der Waals surface area (Å²) in [5.41, 5.74) is 1.68. The maximum Gasteiger partial charge on any atom is 0.251 e. The third kappa shape index (κ3) is 9.07. The molecular weight excluding hydrogens is 417 g/mol. The summed E-state index contributed by atoms with van der Waals surface area (Å²) in [6.07, 6.45) is 0. The number of benzene rings is 1. The summed E-state index contributed by atoms with van der Waals surface area (Å²) in [6, 6.07) is 7.60. The first kappa shape index (κ1) is 22.6. The van der Waals surface area contributed by atoms with Crippen LogP contribution in [-0.2, 0) is 6.54 Å². The molecular formula is C17H30IN5O. The minimum absolute atomic E-state index is 0. The standard InChI is InChI=1S/C17H29N5O.HI/c1-5-18-17(19-6-2)21-13-14-8-7-9-15(12-14)16(23)20-10-11-22(3)4;/h7-9,12H,5-6,10-11,13H2,1-4H3,(H,20,23)(H2,18,19,21);1H. The number of nitrogens with zero attached hydrogens (tertiary/aromatic N) is 2. The average Bonchev–Trinajstić information content (AvgIpc) is 2.53. The van der Waals surface area contributed by atoms with Gasteiger partial charge in [0.25, 0.3) is 5.91 Å². The first-order chi connectivity index (χ1) is 11.1. The molecule has 0 atom stereocenters. The van der Waals surface area contributed by atoms with Crippen LogP contribution in [0.5, 0.6) is 0 Å². The minimum Gasteiger partial charge on any atom is -0.357 e. The van der Waals surface area contributed by atoms with Crippen LogP contribution in [0.3, 0.4) is 0 Å².